The Morgan fingerprint density at radius 2 is 2.12 bits per heavy atom. The van der Waals surface area contributed by atoms with Crippen LogP contribution in [0.3, 0.4) is 0 Å². The van der Waals surface area contributed by atoms with E-state index in [2.05, 4.69) is 30.9 Å². The van der Waals surface area contributed by atoms with Crippen LogP contribution in [0.15, 0.2) is 27.7 Å². The van der Waals surface area contributed by atoms with E-state index in [1.165, 1.54) is 0 Å². The van der Waals surface area contributed by atoms with Crippen molar-refractivity contribution >= 4 is 15.9 Å². The van der Waals surface area contributed by atoms with E-state index < -0.39 is 0 Å². The molecule has 1 N–H and O–H groups in total. The number of nitrogens with zero attached hydrogens (tertiary/aromatic N) is 2. The van der Waals surface area contributed by atoms with Gasteiger partial charge < -0.3 is 4.98 Å². The lowest BCUT2D eigenvalue weighted by atomic mass is 10.1. The average molecular weight is 280 g/mol. The average Bonchev–Trinajstić information content (AvgIpc) is 2.26. The summed E-state index contributed by atoms with van der Waals surface area (Å²) in [5.74, 6) is 0.552. The number of hydrogen-bond acceptors (Lipinski definition) is 3. The van der Waals surface area contributed by atoms with Gasteiger partial charge in [0.25, 0.3) is 5.56 Å². The molecule has 2 rings (SSSR count). The Morgan fingerprint density at radius 3 is 2.75 bits per heavy atom. The minimum Gasteiger partial charge on any atom is -0.305 e. The van der Waals surface area contributed by atoms with E-state index in [4.69, 9.17) is 0 Å². The van der Waals surface area contributed by atoms with Crippen LogP contribution in [0, 0.1) is 13.8 Å². The van der Waals surface area contributed by atoms with Gasteiger partial charge in [0.05, 0.1) is 5.69 Å². The van der Waals surface area contributed by atoms with E-state index in [0.717, 1.165) is 11.1 Å². The molecule has 0 aliphatic rings. The molecule has 5 heteroatoms. The summed E-state index contributed by atoms with van der Waals surface area (Å²) in [7, 11) is 0. The Morgan fingerprint density at radius 1 is 1.38 bits per heavy atom. The highest BCUT2D eigenvalue weighted by Crippen LogP contribution is 2.18. The molecular formula is C11H10BrN3O. The highest BCUT2D eigenvalue weighted by Gasteiger charge is 2.08. The number of H-pyrrole nitrogens is 1. The summed E-state index contributed by atoms with van der Waals surface area (Å²) in [5, 5.41) is 0. The van der Waals surface area contributed by atoms with Crippen molar-refractivity contribution < 1.29 is 0 Å². The molecular weight excluding hydrogens is 270 g/mol. The normalized spacial score (nSPS) is 10.4. The second-order valence-electron chi connectivity index (χ2n) is 3.50. The molecule has 16 heavy (non-hydrogen) atoms. The summed E-state index contributed by atoms with van der Waals surface area (Å²) < 4.78 is 0.470. The Kier molecular flexibility index (Phi) is 2.87. The quantitative estimate of drug-likeness (QED) is 0.871. The first-order valence-corrected chi connectivity index (χ1v) is 5.56. The zero-order valence-corrected chi connectivity index (χ0v) is 10.5. The van der Waals surface area contributed by atoms with E-state index in [9.17, 15) is 4.79 Å². The lowest BCUT2D eigenvalue weighted by molar-refractivity contribution is 1.05. The fourth-order valence-corrected chi connectivity index (χ4v) is 1.60. The van der Waals surface area contributed by atoms with Gasteiger partial charge in [0.1, 0.15) is 10.3 Å². The van der Waals surface area contributed by atoms with Gasteiger partial charge in [-0.15, -0.1) is 0 Å². The van der Waals surface area contributed by atoms with Gasteiger partial charge in [0, 0.05) is 18.0 Å². The molecule has 0 aromatic carbocycles. The van der Waals surface area contributed by atoms with Crippen LogP contribution in [-0.4, -0.2) is 15.0 Å². The molecule has 4 nitrogen and oxygen atoms in total. The summed E-state index contributed by atoms with van der Waals surface area (Å²) in [6, 6.07) is 1.88. The Hall–Kier alpha value is -1.49. The van der Waals surface area contributed by atoms with E-state index in [0.29, 0.717) is 16.0 Å². The molecule has 2 aromatic rings. The molecule has 0 atom stereocenters. The topological polar surface area (TPSA) is 58.6 Å². The molecule has 0 bridgehead atoms. The molecule has 2 heterocycles. The molecule has 0 radical (unpaired) electrons. The molecule has 82 valence electrons. The van der Waals surface area contributed by atoms with Crippen molar-refractivity contribution in [3.63, 3.8) is 0 Å². The first-order valence-electron chi connectivity index (χ1n) is 4.77. The largest absolute Gasteiger partial charge is 0.305 e. The van der Waals surface area contributed by atoms with Gasteiger partial charge >= 0.3 is 0 Å². The van der Waals surface area contributed by atoms with Gasteiger partial charge in [-0.25, -0.2) is 4.98 Å². The second-order valence-corrected chi connectivity index (χ2v) is 4.30. The monoisotopic (exact) mass is 279 g/mol. The molecule has 0 amide bonds. The van der Waals surface area contributed by atoms with Crippen LogP contribution in [0.2, 0.25) is 0 Å². The summed E-state index contributed by atoms with van der Waals surface area (Å²) in [6.07, 6.45) is 3.41. The Labute approximate surface area is 101 Å². The van der Waals surface area contributed by atoms with Crippen LogP contribution < -0.4 is 5.56 Å². The molecule has 0 fully saturated rings. The third kappa shape index (κ3) is 1.90. The van der Waals surface area contributed by atoms with Gasteiger partial charge in [-0.2, -0.15) is 0 Å². The van der Waals surface area contributed by atoms with Crippen molar-refractivity contribution in [2.45, 2.75) is 13.8 Å². The first kappa shape index (κ1) is 11.0. The van der Waals surface area contributed by atoms with E-state index >= 15 is 0 Å². The molecule has 0 aliphatic carbocycles. The third-order valence-corrected chi connectivity index (χ3v) is 3.26. The molecule has 0 spiro atoms. The molecule has 0 aliphatic heterocycles. The van der Waals surface area contributed by atoms with Crippen LogP contribution in [0.25, 0.3) is 11.4 Å². The Bertz CT molecular complexity index is 592. The van der Waals surface area contributed by atoms with E-state index in [1.54, 1.807) is 19.3 Å². The lowest BCUT2D eigenvalue weighted by Gasteiger charge is -2.05. The smallest absolute Gasteiger partial charge is 0.265 e. The molecule has 2 aromatic heterocycles. The van der Waals surface area contributed by atoms with Crippen LogP contribution in [-0.2, 0) is 0 Å². The zero-order chi connectivity index (χ0) is 11.7. The van der Waals surface area contributed by atoms with Gasteiger partial charge in [0.15, 0.2) is 0 Å². The van der Waals surface area contributed by atoms with E-state index in [1.807, 2.05) is 13.0 Å². The number of rotatable bonds is 1. The second kappa shape index (κ2) is 4.17. The summed E-state index contributed by atoms with van der Waals surface area (Å²) in [6.45, 7) is 3.74. The molecule has 0 saturated heterocycles. The molecule has 0 saturated carbocycles. The van der Waals surface area contributed by atoms with Gasteiger partial charge in [-0.3, -0.25) is 9.78 Å². The maximum absolute atomic E-state index is 11.6. The van der Waals surface area contributed by atoms with Crippen molar-refractivity contribution in [1.29, 1.82) is 0 Å². The first-order chi connectivity index (χ1) is 7.59. The lowest BCUT2D eigenvalue weighted by Crippen LogP contribution is -2.12. The summed E-state index contributed by atoms with van der Waals surface area (Å²) in [4.78, 5) is 22.7. The van der Waals surface area contributed by atoms with Gasteiger partial charge in [-0.05, 0) is 41.4 Å². The number of hydrogen-bond donors (Lipinski definition) is 1. The van der Waals surface area contributed by atoms with Crippen LogP contribution in [0.5, 0.6) is 0 Å². The van der Waals surface area contributed by atoms with Crippen molar-refractivity contribution in [3.05, 3.63) is 44.5 Å². The number of nitrogens with one attached hydrogen (secondary N) is 1. The predicted molar refractivity (Wildman–Crippen MR) is 65.3 cm³/mol. The maximum Gasteiger partial charge on any atom is 0.265 e. The summed E-state index contributed by atoms with van der Waals surface area (Å²) >= 11 is 3.18. The highest BCUT2D eigenvalue weighted by molar-refractivity contribution is 9.10. The number of aromatic amines is 1. The van der Waals surface area contributed by atoms with Crippen molar-refractivity contribution in [3.8, 4) is 11.4 Å². The van der Waals surface area contributed by atoms with Gasteiger partial charge in [0.2, 0.25) is 0 Å². The van der Waals surface area contributed by atoms with E-state index in [-0.39, 0.29) is 5.56 Å². The van der Waals surface area contributed by atoms with Gasteiger partial charge in [-0.1, -0.05) is 0 Å². The fraction of sp³-hybridized carbons (Fsp3) is 0.182. The Balaban J connectivity index is 2.67. The minimum absolute atomic E-state index is 0.175. The SMILES string of the molecule is Cc1ccncc1-c1nc(C)c(Br)c(=O)[nH]1. The minimum atomic E-state index is -0.175. The zero-order valence-electron chi connectivity index (χ0n) is 8.91. The number of pyridine rings is 1. The van der Waals surface area contributed by atoms with Crippen LogP contribution in [0.4, 0.5) is 0 Å². The summed E-state index contributed by atoms with van der Waals surface area (Å²) in [5.41, 5.74) is 2.36. The number of aryl methyl sites for hydroxylation is 2. The third-order valence-electron chi connectivity index (χ3n) is 2.32. The number of halogens is 1. The fourth-order valence-electron chi connectivity index (χ4n) is 1.41. The maximum atomic E-state index is 11.6. The standard InChI is InChI=1S/C11H10BrN3O/c1-6-3-4-13-5-8(6)10-14-7(2)9(12)11(16)15-10/h3-5H,1-2H3,(H,14,15,16). The van der Waals surface area contributed by atoms with Crippen LogP contribution >= 0.6 is 15.9 Å². The van der Waals surface area contributed by atoms with Crippen LogP contribution in [0.1, 0.15) is 11.3 Å². The molecule has 0 unspecified atom stereocenters. The van der Waals surface area contributed by atoms with Crippen molar-refractivity contribution in [2.75, 3.05) is 0 Å². The highest BCUT2D eigenvalue weighted by atomic mass is 79.9. The van der Waals surface area contributed by atoms with Crippen molar-refractivity contribution in [2.24, 2.45) is 0 Å². The van der Waals surface area contributed by atoms with Crippen molar-refractivity contribution in [1.82, 2.24) is 15.0 Å². The predicted octanol–water partition coefficient (Wildman–Crippen LogP) is 2.21. The number of aromatic nitrogens is 3.